The second kappa shape index (κ2) is 5.72. The number of nitrogens with zero attached hydrogens (tertiary/aromatic N) is 2. The third-order valence-electron chi connectivity index (χ3n) is 3.01. The molecular weight excluding hydrogens is 289 g/mol. The van der Waals surface area contributed by atoms with Crippen molar-refractivity contribution in [3.8, 4) is 5.75 Å². The number of alkyl halides is 3. The lowest BCUT2D eigenvalue weighted by Gasteiger charge is -2.14. The Hall–Kier alpha value is -2.09. The van der Waals surface area contributed by atoms with Gasteiger partial charge in [0.1, 0.15) is 5.75 Å². The molecule has 2 rings (SSSR count). The highest BCUT2D eigenvalue weighted by atomic mass is 19.4. The van der Waals surface area contributed by atoms with E-state index in [0.717, 1.165) is 12.1 Å². The van der Waals surface area contributed by atoms with Crippen LogP contribution in [0.15, 0.2) is 29.3 Å². The summed E-state index contributed by atoms with van der Waals surface area (Å²) in [5, 5.41) is 8.92. The van der Waals surface area contributed by atoms with Crippen LogP contribution in [0.1, 0.15) is 19.4 Å². The van der Waals surface area contributed by atoms with E-state index in [1.807, 2.05) is 0 Å². The van der Waals surface area contributed by atoms with Gasteiger partial charge >= 0.3 is 6.36 Å². The zero-order chi connectivity index (χ0) is 15.6. The predicted octanol–water partition coefficient (Wildman–Crippen LogP) is 2.24. The number of benzene rings is 1. The highest BCUT2D eigenvalue weighted by Gasteiger charge is 2.31. The van der Waals surface area contributed by atoms with E-state index in [9.17, 15) is 18.0 Å². The van der Waals surface area contributed by atoms with E-state index in [2.05, 4.69) is 9.72 Å². The maximum absolute atomic E-state index is 12.3. The number of rotatable bonds is 4. The van der Waals surface area contributed by atoms with Crippen LogP contribution < -0.4 is 10.3 Å². The summed E-state index contributed by atoms with van der Waals surface area (Å²) in [7, 11) is 0. The normalized spacial score (nSPS) is 13.4. The van der Waals surface area contributed by atoms with Crippen molar-refractivity contribution in [3.05, 3.63) is 34.9 Å². The molecule has 1 aromatic carbocycles. The van der Waals surface area contributed by atoms with Gasteiger partial charge in [-0.25, -0.2) is 4.98 Å². The largest absolute Gasteiger partial charge is 0.573 e. The fourth-order valence-corrected chi connectivity index (χ4v) is 1.95. The number of halogens is 3. The minimum Gasteiger partial charge on any atom is -0.406 e. The van der Waals surface area contributed by atoms with Crippen molar-refractivity contribution in [1.82, 2.24) is 9.55 Å². The highest BCUT2D eigenvalue weighted by Crippen LogP contribution is 2.24. The highest BCUT2D eigenvalue weighted by molar-refractivity contribution is 5.78. The molecule has 8 heteroatoms. The number of ether oxygens (including phenoxy) is 1. The maximum atomic E-state index is 12.3. The summed E-state index contributed by atoms with van der Waals surface area (Å²) in [6.45, 7) is 1.60. The standard InChI is InChI=1S/C13H13F3N2O3/c1-8(4-5-19)18-7-17-11-3-2-9(21-13(14,15)16)6-10(11)12(18)20/h2-3,6-8,19H,4-5H2,1H3/t8-/m0/s1. The molecular formula is C13H13F3N2O3. The van der Waals surface area contributed by atoms with Gasteiger partial charge in [0.25, 0.3) is 5.56 Å². The zero-order valence-corrected chi connectivity index (χ0v) is 11.1. The topological polar surface area (TPSA) is 64.3 Å². The van der Waals surface area contributed by atoms with Crippen molar-refractivity contribution >= 4 is 10.9 Å². The summed E-state index contributed by atoms with van der Waals surface area (Å²) in [5.41, 5.74) is -0.199. The van der Waals surface area contributed by atoms with Crippen molar-refractivity contribution in [2.75, 3.05) is 6.61 Å². The van der Waals surface area contributed by atoms with E-state index in [0.29, 0.717) is 6.42 Å². The summed E-state index contributed by atoms with van der Waals surface area (Å²) >= 11 is 0. The van der Waals surface area contributed by atoms with Gasteiger partial charge in [-0.15, -0.1) is 13.2 Å². The van der Waals surface area contributed by atoms with E-state index in [1.165, 1.54) is 17.0 Å². The van der Waals surface area contributed by atoms with Gasteiger partial charge in [0.2, 0.25) is 0 Å². The van der Waals surface area contributed by atoms with Crippen molar-refractivity contribution in [1.29, 1.82) is 0 Å². The minimum atomic E-state index is -4.82. The summed E-state index contributed by atoms with van der Waals surface area (Å²) in [6, 6.07) is 3.09. The molecule has 5 nitrogen and oxygen atoms in total. The second-order valence-corrected chi connectivity index (χ2v) is 4.55. The van der Waals surface area contributed by atoms with Gasteiger partial charge in [-0.2, -0.15) is 0 Å². The van der Waals surface area contributed by atoms with Crippen LogP contribution in [0.3, 0.4) is 0 Å². The Bertz CT molecular complexity index is 697. The van der Waals surface area contributed by atoms with Gasteiger partial charge in [-0.05, 0) is 31.5 Å². The van der Waals surface area contributed by atoms with Crippen molar-refractivity contribution in [2.24, 2.45) is 0 Å². The number of aromatic nitrogens is 2. The molecule has 2 aromatic rings. The Kier molecular flexibility index (Phi) is 4.17. The Morgan fingerprint density at radius 2 is 2.14 bits per heavy atom. The smallest absolute Gasteiger partial charge is 0.406 e. The molecule has 0 saturated carbocycles. The van der Waals surface area contributed by atoms with E-state index in [-0.39, 0.29) is 23.6 Å². The lowest BCUT2D eigenvalue weighted by atomic mass is 10.2. The summed E-state index contributed by atoms with van der Waals surface area (Å²) in [4.78, 5) is 16.3. The first-order valence-corrected chi connectivity index (χ1v) is 6.19. The molecule has 0 amide bonds. The van der Waals surface area contributed by atoms with E-state index in [4.69, 9.17) is 5.11 Å². The number of hydrogen-bond acceptors (Lipinski definition) is 4. The fourth-order valence-electron chi connectivity index (χ4n) is 1.95. The zero-order valence-electron chi connectivity index (χ0n) is 11.1. The molecule has 0 aliphatic heterocycles. The van der Waals surface area contributed by atoms with Gasteiger partial charge in [0, 0.05) is 12.6 Å². The first-order chi connectivity index (χ1) is 9.81. The summed E-state index contributed by atoms with van der Waals surface area (Å²) in [6.07, 6.45) is -3.17. The molecule has 0 spiro atoms. The second-order valence-electron chi connectivity index (χ2n) is 4.55. The van der Waals surface area contributed by atoms with Crippen molar-refractivity contribution in [3.63, 3.8) is 0 Å². The Morgan fingerprint density at radius 3 is 2.76 bits per heavy atom. The van der Waals surface area contributed by atoms with E-state index < -0.39 is 17.7 Å². The number of hydrogen-bond donors (Lipinski definition) is 1. The minimum absolute atomic E-state index is 0.0315. The lowest BCUT2D eigenvalue weighted by molar-refractivity contribution is -0.274. The van der Waals surface area contributed by atoms with Gasteiger partial charge in [0.15, 0.2) is 0 Å². The number of aliphatic hydroxyl groups excluding tert-OH is 1. The average molecular weight is 302 g/mol. The van der Waals surface area contributed by atoms with Crippen LogP contribution in [0.2, 0.25) is 0 Å². The van der Waals surface area contributed by atoms with Gasteiger partial charge < -0.3 is 9.84 Å². The van der Waals surface area contributed by atoms with Crippen LogP contribution in [0.5, 0.6) is 5.75 Å². The SMILES string of the molecule is C[C@@H](CCO)n1cnc2ccc(OC(F)(F)F)cc2c1=O. The molecule has 0 aliphatic carbocycles. The third-order valence-corrected chi connectivity index (χ3v) is 3.01. The third kappa shape index (κ3) is 3.52. The molecule has 1 aromatic heterocycles. The monoisotopic (exact) mass is 302 g/mol. The molecule has 0 fully saturated rings. The van der Waals surface area contributed by atoms with E-state index >= 15 is 0 Å². The number of aliphatic hydroxyl groups is 1. The summed E-state index contributed by atoms with van der Waals surface area (Å²) < 4.78 is 41.7. The van der Waals surface area contributed by atoms with Crippen LogP contribution >= 0.6 is 0 Å². The molecule has 0 radical (unpaired) electrons. The van der Waals surface area contributed by atoms with Gasteiger partial charge in [-0.1, -0.05) is 0 Å². The average Bonchev–Trinajstić information content (AvgIpc) is 2.38. The van der Waals surface area contributed by atoms with Crippen molar-refractivity contribution in [2.45, 2.75) is 25.7 Å². The molecule has 0 unspecified atom stereocenters. The first kappa shape index (κ1) is 15.3. The molecule has 114 valence electrons. The first-order valence-electron chi connectivity index (χ1n) is 6.19. The van der Waals surface area contributed by atoms with Gasteiger partial charge in [-0.3, -0.25) is 9.36 Å². The van der Waals surface area contributed by atoms with Crippen LogP contribution in [0.4, 0.5) is 13.2 Å². The quantitative estimate of drug-likeness (QED) is 0.940. The van der Waals surface area contributed by atoms with E-state index in [1.54, 1.807) is 6.92 Å². The van der Waals surface area contributed by atoms with Crippen LogP contribution in [0, 0.1) is 0 Å². The van der Waals surface area contributed by atoms with Crippen LogP contribution in [0.25, 0.3) is 10.9 Å². The van der Waals surface area contributed by atoms with Crippen LogP contribution in [-0.4, -0.2) is 27.6 Å². The Labute approximate surface area is 117 Å². The Balaban J connectivity index is 2.49. The fraction of sp³-hybridized carbons (Fsp3) is 0.385. The predicted molar refractivity (Wildman–Crippen MR) is 69.1 cm³/mol. The molecule has 0 saturated heterocycles. The summed E-state index contributed by atoms with van der Waals surface area (Å²) in [5.74, 6) is -0.471. The lowest BCUT2D eigenvalue weighted by Crippen LogP contribution is -2.24. The molecule has 0 aliphatic rings. The van der Waals surface area contributed by atoms with Crippen LogP contribution in [-0.2, 0) is 0 Å². The molecule has 21 heavy (non-hydrogen) atoms. The molecule has 1 N–H and O–H groups in total. The van der Waals surface area contributed by atoms with Gasteiger partial charge in [0.05, 0.1) is 17.2 Å². The molecule has 1 heterocycles. The maximum Gasteiger partial charge on any atom is 0.573 e. The molecule has 1 atom stereocenters. The molecule has 0 bridgehead atoms. The Morgan fingerprint density at radius 1 is 1.43 bits per heavy atom. The van der Waals surface area contributed by atoms with Crippen molar-refractivity contribution < 1.29 is 23.0 Å². The number of fused-ring (bicyclic) bond motifs is 1.